The van der Waals surface area contributed by atoms with Crippen molar-refractivity contribution >= 4 is 17.3 Å². The molecule has 0 unspecified atom stereocenters. The molecule has 0 aliphatic heterocycles. The molecule has 1 fully saturated rings. The molecule has 1 aliphatic rings. The van der Waals surface area contributed by atoms with Crippen LogP contribution >= 0.6 is 12.2 Å². The topological polar surface area (TPSA) is 51.8 Å². The van der Waals surface area contributed by atoms with Gasteiger partial charge in [0.1, 0.15) is 5.75 Å². The van der Waals surface area contributed by atoms with E-state index in [1.54, 1.807) is 21.3 Å². The monoisotopic (exact) mass is 296 g/mol. The van der Waals surface area contributed by atoms with Crippen LogP contribution in [-0.2, 0) is 6.54 Å². The van der Waals surface area contributed by atoms with Gasteiger partial charge in [0.15, 0.2) is 16.6 Å². The molecule has 0 radical (unpaired) electrons. The second kappa shape index (κ2) is 6.65. The zero-order valence-electron chi connectivity index (χ0n) is 12.0. The summed E-state index contributed by atoms with van der Waals surface area (Å²) in [5.74, 6) is 2.06. The molecule has 1 aromatic carbocycles. The van der Waals surface area contributed by atoms with Crippen LogP contribution in [0.5, 0.6) is 17.2 Å². The van der Waals surface area contributed by atoms with Gasteiger partial charge in [-0.2, -0.15) is 0 Å². The molecule has 0 spiro atoms. The van der Waals surface area contributed by atoms with Crippen molar-refractivity contribution in [1.82, 2.24) is 10.6 Å². The minimum atomic E-state index is 0.544. The van der Waals surface area contributed by atoms with Crippen molar-refractivity contribution < 1.29 is 14.2 Å². The van der Waals surface area contributed by atoms with Crippen molar-refractivity contribution in [2.24, 2.45) is 0 Å². The summed E-state index contributed by atoms with van der Waals surface area (Å²) in [5, 5.41) is 7.08. The van der Waals surface area contributed by atoms with E-state index in [2.05, 4.69) is 10.6 Å². The lowest BCUT2D eigenvalue weighted by Crippen LogP contribution is -2.36. The Morgan fingerprint density at radius 2 is 1.70 bits per heavy atom. The van der Waals surface area contributed by atoms with Gasteiger partial charge in [0.25, 0.3) is 0 Å². The lowest BCUT2D eigenvalue weighted by molar-refractivity contribution is 0.347. The summed E-state index contributed by atoms with van der Waals surface area (Å²) in [6.07, 6.45) is 2.39. The van der Waals surface area contributed by atoms with Gasteiger partial charge in [0.2, 0.25) is 0 Å². The molecule has 0 atom stereocenters. The predicted molar refractivity (Wildman–Crippen MR) is 81.7 cm³/mol. The van der Waals surface area contributed by atoms with Gasteiger partial charge in [0, 0.05) is 24.2 Å². The van der Waals surface area contributed by atoms with E-state index in [1.165, 1.54) is 12.8 Å². The Kier molecular flexibility index (Phi) is 4.89. The average molecular weight is 296 g/mol. The molecular weight excluding hydrogens is 276 g/mol. The van der Waals surface area contributed by atoms with Crippen LogP contribution < -0.4 is 24.8 Å². The third-order valence-corrected chi connectivity index (χ3v) is 3.40. The predicted octanol–water partition coefficient (Wildman–Crippen LogP) is 1.84. The minimum absolute atomic E-state index is 0.544. The summed E-state index contributed by atoms with van der Waals surface area (Å²) in [6, 6.07) is 4.25. The second-order valence-corrected chi connectivity index (χ2v) is 5.03. The van der Waals surface area contributed by atoms with Crippen LogP contribution in [0.2, 0.25) is 0 Å². The Balaban J connectivity index is 2.06. The van der Waals surface area contributed by atoms with Crippen LogP contribution in [0.25, 0.3) is 0 Å². The third-order valence-electron chi connectivity index (χ3n) is 3.14. The van der Waals surface area contributed by atoms with Crippen molar-refractivity contribution in [3.8, 4) is 17.2 Å². The van der Waals surface area contributed by atoms with Crippen LogP contribution in [0.3, 0.4) is 0 Å². The molecule has 1 saturated carbocycles. The summed E-state index contributed by atoms with van der Waals surface area (Å²) in [4.78, 5) is 0. The van der Waals surface area contributed by atoms with Crippen molar-refractivity contribution in [2.75, 3.05) is 21.3 Å². The molecular formula is C14H20N2O3S. The van der Waals surface area contributed by atoms with Crippen LogP contribution in [0.1, 0.15) is 18.4 Å². The molecule has 5 nitrogen and oxygen atoms in total. The molecule has 1 aliphatic carbocycles. The van der Waals surface area contributed by atoms with Gasteiger partial charge in [-0.1, -0.05) is 0 Å². The van der Waals surface area contributed by atoms with Crippen molar-refractivity contribution in [2.45, 2.75) is 25.4 Å². The Morgan fingerprint density at radius 1 is 1.10 bits per heavy atom. The normalized spacial score (nSPS) is 13.6. The minimum Gasteiger partial charge on any atom is -0.496 e. The summed E-state index contributed by atoms with van der Waals surface area (Å²) in [7, 11) is 4.84. The van der Waals surface area contributed by atoms with Gasteiger partial charge >= 0.3 is 0 Å². The second-order valence-electron chi connectivity index (χ2n) is 4.62. The zero-order chi connectivity index (χ0) is 14.5. The summed E-state index contributed by atoms with van der Waals surface area (Å²) < 4.78 is 15.9. The fraction of sp³-hybridized carbons (Fsp3) is 0.500. The maximum Gasteiger partial charge on any atom is 0.166 e. The third kappa shape index (κ3) is 3.66. The Labute approximate surface area is 124 Å². The number of methoxy groups -OCH3 is 3. The van der Waals surface area contributed by atoms with Crippen LogP contribution in [0.4, 0.5) is 0 Å². The summed E-state index contributed by atoms with van der Waals surface area (Å²) in [6.45, 7) is 0.572. The van der Waals surface area contributed by atoms with Gasteiger partial charge in [-0.15, -0.1) is 0 Å². The van der Waals surface area contributed by atoms with E-state index < -0.39 is 0 Å². The highest BCUT2D eigenvalue weighted by Gasteiger charge is 2.21. The molecule has 2 rings (SSSR count). The molecule has 1 aromatic rings. The van der Waals surface area contributed by atoms with Crippen LogP contribution in [0.15, 0.2) is 12.1 Å². The SMILES string of the molecule is COc1cc(OC)c(OC)cc1CNC(=S)NC1CC1. The lowest BCUT2D eigenvalue weighted by atomic mass is 10.1. The van der Waals surface area contributed by atoms with Crippen molar-refractivity contribution in [1.29, 1.82) is 0 Å². The summed E-state index contributed by atoms with van der Waals surface area (Å²) >= 11 is 5.24. The quantitative estimate of drug-likeness (QED) is 0.781. The molecule has 0 bridgehead atoms. The Hall–Kier alpha value is -1.69. The highest BCUT2D eigenvalue weighted by Crippen LogP contribution is 2.34. The molecule has 20 heavy (non-hydrogen) atoms. The van der Waals surface area contributed by atoms with E-state index in [1.807, 2.05) is 12.1 Å². The van der Waals surface area contributed by atoms with E-state index in [0.29, 0.717) is 29.2 Å². The molecule has 110 valence electrons. The lowest BCUT2D eigenvalue weighted by Gasteiger charge is -2.15. The number of ether oxygens (including phenoxy) is 3. The van der Waals surface area contributed by atoms with E-state index in [9.17, 15) is 0 Å². The first-order valence-corrected chi connectivity index (χ1v) is 6.92. The molecule has 0 aromatic heterocycles. The molecule has 6 heteroatoms. The maximum absolute atomic E-state index is 5.37. The first kappa shape index (κ1) is 14.7. The van der Waals surface area contributed by atoms with Gasteiger partial charge in [-0.3, -0.25) is 0 Å². The molecule has 0 saturated heterocycles. The first-order valence-electron chi connectivity index (χ1n) is 6.51. The molecule has 0 amide bonds. The Bertz CT molecular complexity index is 490. The standard InChI is InChI=1S/C14H20N2O3S/c1-17-11-7-13(19-3)12(18-2)6-9(11)8-15-14(20)16-10-4-5-10/h6-7,10H,4-5,8H2,1-3H3,(H2,15,16,20). The van der Waals surface area contributed by atoms with E-state index in [0.717, 1.165) is 11.3 Å². The number of hydrogen-bond acceptors (Lipinski definition) is 4. The number of hydrogen-bond donors (Lipinski definition) is 2. The van der Waals surface area contributed by atoms with Crippen molar-refractivity contribution in [3.63, 3.8) is 0 Å². The fourth-order valence-corrected chi connectivity index (χ4v) is 2.11. The van der Waals surface area contributed by atoms with Gasteiger partial charge in [-0.25, -0.2) is 0 Å². The number of thiocarbonyl (C=S) groups is 1. The van der Waals surface area contributed by atoms with Gasteiger partial charge < -0.3 is 24.8 Å². The van der Waals surface area contributed by atoms with Crippen LogP contribution in [0, 0.1) is 0 Å². The van der Waals surface area contributed by atoms with E-state index in [-0.39, 0.29) is 0 Å². The smallest absolute Gasteiger partial charge is 0.166 e. The highest BCUT2D eigenvalue weighted by molar-refractivity contribution is 7.80. The average Bonchev–Trinajstić information content (AvgIpc) is 3.27. The van der Waals surface area contributed by atoms with E-state index >= 15 is 0 Å². The van der Waals surface area contributed by atoms with Gasteiger partial charge in [0.05, 0.1) is 21.3 Å². The maximum atomic E-state index is 5.37. The van der Waals surface area contributed by atoms with Gasteiger partial charge in [-0.05, 0) is 31.1 Å². The molecule has 2 N–H and O–H groups in total. The number of nitrogens with one attached hydrogen (secondary N) is 2. The fourth-order valence-electron chi connectivity index (χ4n) is 1.87. The van der Waals surface area contributed by atoms with Crippen LogP contribution in [-0.4, -0.2) is 32.5 Å². The first-order chi connectivity index (χ1) is 9.67. The largest absolute Gasteiger partial charge is 0.496 e. The number of rotatable bonds is 6. The Morgan fingerprint density at radius 3 is 2.25 bits per heavy atom. The molecule has 0 heterocycles. The zero-order valence-corrected chi connectivity index (χ0v) is 12.8. The number of benzene rings is 1. The highest BCUT2D eigenvalue weighted by atomic mass is 32.1. The summed E-state index contributed by atoms with van der Waals surface area (Å²) in [5.41, 5.74) is 0.963. The van der Waals surface area contributed by atoms with Crippen molar-refractivity contribution in [3.05, 3.63) is 17.7 Å². The van der Waals surface area contributed by atoms with E-state index in [4.69, 9.17) is 26.4 Å².